The molecule has 5 rings (SSSR count). The molecule has 1 N–H and O–H groups in total. The number of aliphatic hydroxyl groups excluding tert-OH is 1. The number of benzene rings is 2. The molecule has 0 radical (unpaired) electrons. The van der Waals surface area contributed by atoms with Crippen molar-refractivity contribution >= 4 is 5.69 Å². The van der Waals surface area contributed by atoms with Gasteiger partial charge >= 0.3 is 6.18 Å². The Morgan fingerprint density at radius 2 is 1.82 bits per heavy atom. The van der Waals surface area contributed by atoms with Gasteiger partial charge in [0.2, 0.25) is 0 Å². The summed E-state index contributed by atoms with van der Waals surface area (Å²) in [6.45, 7) is 0.851. The van der Waals surface area contributed by atoms with Crippen molar-refractivity contribution in [1.29, 1.82) is 0 Å². The average molecular weight is 471 g/mol. The van der Waals surface area contributed by atoms with Gasteiger partial charge in [0.15, 0.2) is 0 Å². The molecule has 1 aliphatic carbocycles. The first-order valence-corrected chi connectivity index (χ1v) is 11.2. The molecule has 2 aliphatic rings. The van der Waals surface area contributed by atoms with E-state index < -0.39 is 23.4 Å². The van der Waals surface area contributed by atoms with Crippen LogP contribution in [0.3, 0.4) is 0 Å². The molecule has 2 heterocycles. The Balaban J connectivity index is 1.72. The van der Waals surface area contributed by atoms with E-state index in [1.165, 1.54) is 12.1 Å². The number of ether oxygens (including phenoxy) is 1. The predicted octanol–water partition coefficient (Wildman–Crippen LogP) is 3.99. The maximum absolute atomic E-state index is 14.0. The van der Waals surface area contributed by atoms with Crippen molar-refractivity contribution in [2.75, 3.05) is 25.1 Å². The van der Waals surface area contributed by atoms with Crippen LogP contribution in [0.25, 0.3) is 16.9 Å². The lowest BCUT2D eigenvalue weighted by Gasteiger charge is -2.22. The average Bonchev–Trinajstić information content (AvgIpc) is 3.48. The fraction of sp³-hybridized carbons (Fsp3) is 0.360. The molecule has 0 amide bonds. The third-order valence-electron chi connectivity index (χ3n) is 6.56. The van der Waals surface area contributed by atoms with E-state index in [1.54, 1.807) is 31.4 Å². The number of β-amino-alcohol motifs (C(OH)–C–C–N with tert-alkyl or cyclic N) is 1. The fourth-order valence-electron chi connectivity index (χ4n) is 4.83. The van der Waals surface area contributed by atoms with Gasteiger partial charge in [-0.2, -0.15) is 23.0 Å². The molecule has 1 aromatic heterocycles. The number of anilines is 1. The Hall–Kier alpha value is -3.33. The second kappa shape index (κ2) is 8.47. The Kier molecular flexibility index (Phi) is 5.59. The third-order valence-corrected chi connectivity index (χ3v) is 6.56. The molecule has 0 spiro atoms. The minimum absolute atomic E-state index is 0.305. The highest BCUT2D eigenvalue weighted by atomic mass is 19.4. The van der Waals surface area contributed by atoms with Crippen LogP contribution in [0.5, 0.6) is 5.75 Å². The second-order valence-corrected chi connectivity index (χ2v) is 8.69. The Morgan fingerprint density at radius 1 is 1.09 bits per heavy atom. The molecule has 178 valence electrons. The molecule has 0 saturated carbocycles. The van der Waals surface area contributed by atoms with Crippen molar-refractivity contribution in [1.82, 2.24) is 9.78 Å². The molecule has 1 aliphatic heterocycles. The van der Waals surface area contributed by atoms with Crippen LogP contribution in [0.15, 0.2) is 47.3 Å². The summed E-state index contributed by atoms with van der Waals surface area (Å²) in [6.07, 6.45) is -2.77. The van der Waals surface area contributed by atoms with Crippen LogP contribution in [-0.4, -0.2) is 41.2 Å². The summed E-state index contributed by atoms with van der Waals surface area (Å²) in [7, 11) is 1.55. The molecule has 2 aromatic carbocycles. The number of aromatic nitrogens is 2. The van der Waals surface area contributed by atoms with Crippen molar-refractivity contribution in [3.8, 4) is 22.7 Å². The van der Waals surface area contributed by atoms with E-state index >= 15 is 0 Å². The topological polar surface area (TPSA) is 67.6 Å². The number of aliphatic hydroxyl groups is 1. The molecule has 1 fully saturated rings. The summed E-state index contributed by atoms with van der Waals surface area (Å²) < 4.78 is 48.1. The molecular formula is C25H24F3N3O3. The van der Waals surface area contributed by atoms with Crippen molar-refractivity contribution in [2.45, 2.75) is 38.0 Å². The van der Waals surface area contributed by atoms with Crippen LogP contribution in [0.4, 0.5) is 18.9 Å². The number of methoxy groups -OCH3 is 1. The zero-order valence-electron chi connectivity index (χ0n) is 18.6. The number of hydrogen-bond acceptors (Lipinski definition) is 5. The summed E-state index contributed by atoms with van der Waals surface area (Å²) >= 11 is 0. The Bertz CT molecular complexity index is 1290. The van der Waals surface area contributed by atoms with Crippen molar-refractivity contribution < 1.29 is 23.0 Å². The summed E-state index contributed by atoms with van der Waals surface area (Å²) in [5, 5.41) is 14.4. The number of nitrogens with zero attached hydrogens (tertiary/aromatic N) is 3. The number of fused-ring (bicyclic) bond motifs is 1. The Morgan fingerprint density at radius 3 is 2.47 bits per heavy atom. The van der Waals surface area contributed by atoms with Crippen LogP contribution in [-0.2, 0) is 19.0 Å². The minimum atomic E-state index is -4.67. The van der Waals surface area contributed by atoms with Gasteiger partial charge < -0.3 is 14.7 Å². The molecule has 6 nitrogen and oxygen atoms in total. The van der Waals surface area contributed by atoms with Crippen LogP contribution < -0.4 is 15.2 Å². The number of hydrogen-bond donors (Lipinski definition) is 1. The molecule has 1 unspecified atom stereocenters. The highest BCUT2D eigenvalue weighted by Crippen LogP contribution is 2.37. The first-order valence-electron chi connectivity index (χ1n) is 11.2. The fourth-order valence-corrected chi connectivity index (χ4v) is 4.83. The predicted molar refractivity (Wildman–Crippen MR) is 122 cm³/mol. The van der Waals surface area contributed by atoms with Gasteiger partial charge in [-0.1, -0.05) is 0 Å². The van der Waals surface area contributed by atoms with Gasteiger partial charge in [0, 0.05) is 29.9 Å². The standard InChI is InChI=1S/C25H24F3N3O3/c1-34-18-8-5-15(6-9-18)23-19-3-2-4-20(19)24(33)31(29-23)22-13-16(30-12-11-17(32)14-30)7-10-21(22)25(26,27)28/h5-10,13,17,32H,2-4,11-12,14H2,1H3. The lowest BCUT2D eigenvalue weighted by molar-refractivity contribution is -0.137. The second-order valence-electron chi connectivity index (χ2n) is 8.69. The van der Waals surface area contributed by atoms with E-state index in [-0.39, 0.29) is 5.69 Å². The summed E-state index contributed by atoms with van der Waals surface area (Å²) in [5.74, 6) is 0.647. The minimum Gasteiger partial charge on any atom is -0.497 e. The quantitative estimate of drug-likeness (QED) is 0.624. The maximum Gasteiger partial charge on any atom is 0.418 e. The van der Waals surface area contributed by atoms with Crippen LogP contribution in [0.1, 0.15) is 29.5 Å². The normalized spacial score (nSPS) is 17.8. The first-order chi connectivity index (χ1) is 16.3. The van der Waals surface area contributed by atoms with Gasteiger partial charge in [-0.15, -0.1) is 0 Å². The Labute approximate surface area is 194 Å². The third kappa shape index (κ3) is 3.94. The van der Waals surface area contributed by atoms with Gasteiger partial charge in [-0.05, 0) is 73.7 Å². The van der Waals surface area contributed by atoms with E-state index in [4.69, 9.17) is 4.74 Å². The number of halogens is 3. The van der Waals surface area contributed by atoms with Crippen LogP contribution >= 0.6 is 0 Å². The van der Waals surface area contributed by atoms with E-state index in [0.717, 1.165) is 22.7 Å². The highest BCUT2D eigenvalue weighted by molar-refractivity contribution is 5.66. The summed E-state index contributed by atoms with van der Waals surface area (Å²) in [5.41, 5.74) is 1.28. The summed E-state index contributed by atoms with van der Waals surface area (Å²) in [6, 6.07) is 10.8. The molecule has 3 aromatic rings. The zero-order valence-corrected chi connectivity index (χ0v) is 18.6. The van der Waals surface area contributed by atoms with Crippen LogP contribution in [0, 0.1) is 0 Å². The van der Waals surface area contributed by atoms with Gasteiger partial charge in [-0.25, -0.2) is 0 Å². The van der Waals surface area contributed by atoms with Gasteiger partial charge in [-0.3, -0.25) is 4.79 Å². The molecule has 34 heavy (non-hydrogen) atoms. The van der Waals surface area contributed by atoms with E-state index in [0.29, 0.717) is 60.6 Å². The molecule has 1 saturated heterocycles. The number of alkyl halides is 3. The van der Waals surface area contributed by atoms with E-state index in [2.05, 4.69) is 5.10 Å². The maximum atomic E-state index is 14.0. The molecule has 9 heteroatoms. The molecule has 0 bridgehead atoms. The van der Waals surface area contributed by atoms with E-state index in [9.17, 15) is 23.1 Å². The molecular weight excluding hydrogens is 447 g/mol. The highest BCUT2D eigenvalue weighted by Gasteiger charge is 2.36. The summed E-state index contributed by atoms with van der Waals surface area (Å²) in [4.78, 5) is 15.2. The smallest absolute Gasteiger partial charge is 0.418 e. The largest absolute Gasteiger partial charge is 0.497 e. The molecule has 1 atom stereocenters. The van der Waals surface area contributed by atoms with Crippen molar-refractivity contribution in [3.05, 3.63) is 69.5 Å². The first kappa shape index (κ1) is 22.5. The lowest BCUT2D eigenvalue weighted by atomic mass is 10.0. The SMILES string of the molecule is COc1ccc(-c2nn(-c3cc(N4CCC(O)C4)ccc3C(F)(F)F)c(=O)c3c2CCC3)cc1. The van der Waals surface area contributed by atoms with Crippen molar-refractivity contribution in [3.63, 3.8) is 0 Å². The lowest BCUT2D eigenvalue weighted by Crippen LogP contribution is -2.29. The van der Waals surface area contributed by atoms with Gasteiger partial charge in [0.25, 0.3) is 5.56 Å². The van der Waals surface area contributed by atoms with E-state index in [1.807, 2.05) is 4.90 Å². The number of rotatable bonds is 4. The van der Waals surface area contributed by atoms with Crippen molar-refractivity contribution in [2.24, 2.45) is 0 Å². The van der Waals surface area contributed by atoms with Gasteiger partial charge in [0.05, 0.1) is 30.2 Å². The zero-order chi connectivity index (χ0) is 24.0. The monoisotopic (exact) mass is 471 g/mol. The van der Waals surface area contributed by atoms with Crippen LogP contribution in [0.2, 0.25) is 0 Å². The van der Waals surface area contributed by atoms with Gasteiger partial charge in [0.1, 0.15) is 5.75 Å².